The molecule has 1 aliphatic heterocycles. The molecule has 7 nitrogen and oxygen atoms in total. The second-order valence-electron chi connectivity index (χ2n) is 8.11. The molecule has 1 amide bonds. The Morgan fingerprint density at radius 3 is 2.29 bits per heavy atom. The summed E-state index contributed by atoms with van der Waals surface area (Å²) in [6.45, 7) is 5.51. The molecule has 34 heavy (non-hydrogen) atoms. The fourth-order valence-electron chi connectivity index (χ4n) is 4.27. The van der Waals surface area contributed by atoms with Crippen LogP contribution in [0.5, 0.6) is 0 Å². The number of piperazine rings is 1. The highest BCUT2D eigenvalue weighted by Gasteiger charge is 2.29. The maximum Gasteiger partial charge on any atom is 0.345 e. The number of fused-ring (bicyclic) bond motifs is 1. The summed E-state index contributed by atoms with van der Waals surface area (Å²) in [7, 11) is 1.64. The van der Waals surface area contributed by atoms with Crippen LogP contribution in [-0.4, -0.2) is 54.1 Å². The summed E-state index contributed by atoms with van der Waals surface area (Å²) in [4.78, 5) is 42.5. The van der Waals surface area contributed by atoms with Crippen molar-refractivity contribution in [1.82, 2.24) is 9.47 Å². The predicted molar refractivity (Wildman–Crippen MR) is 131 cm³/mol. The molecular formula is C26H30FN3O4. The lowest BCUT2D eigenvalue weighted by Crippen LogP contribution is -2.49. The first-order valence-corrected chi connectivity index (χ1v) is 10.9. The summed E-state index contributed by atoms with van der Waals surface area (Å²) in [5, 5.41) is 0.790. The molecule has 4 rings (SSSR count). The first-order valence-electron chi connectivity index (χ1n) is 10.9. The third-order valence-electron chi connectivity index (χ3n) is 5.98. The Bertz CT molecular complexity index is 1280. The van der Waals surface area contributed by atoms with Crippen LogP contribution in [0.3, 0.4) is 0 Å². The monoisotopic (exact) mass is 467 g/mol. The van der Waals surface area contributed by atoms with E-state index < -0.39 is 17.3 Å². The van der Waals surface area contributed by atoms with Crippen molar-refractivity contribution in [2.45, 2.75) is 21.3 Å². The van der Waals surface area contributed by atoms with E-state index in [1.54, 1.807) is 18.9 Å². The highest BCUT2D eigenvalue weighted by atomic mass is 19.1. The topological polar surface area (TPSA) is 71.8 Å². The number of aromatic nitrogens is 1. The summed E-state index contributed by atoms with van der Waals surface area (Å²) < 4.78 is 19.9. The zero-order valence-electron chi connectivity index (χ0n) is 18.9. The minimum absolute atomic E-state index is 0. The van der Waals surface area contributed by atoms with Crippen LogP contribution in [0.25, 0.3) is 10.9 Å². The van der Waals surface area contributed by atoms with Crippen LogP contribution >= 0.6 is 0 Å². The second-order valence-corrected chi connectivity index (χ2v) is 8.11. The molecule has 0 aliphatic carbocycles. The van der Waals surface area contributed by atoms with Crippen molar-refractivity contribution in [3.8, 4) is 0 Å². The molecule has 1 aromatic heterocycles. The van der Waals surface area contributed by atoms with Crippen LogP contribution in [0.4, 0.5) is 10.1 Å². The third-order valence-corrected chi connectivity index (χ3v) is 5.98. The summed E-state index contributed by atoms with van der Waals surface area (Å²) in [6.07, 6.45) is 0. The van der Waals surface area contributed by atoms with Crippen LogP contribution in [0.2, 0.25) is 0 Å². The fourth-order valence-corrected chi connectivity index (χ4v) is 4.27. The van der Waals surface area contributed by atoms with Gasteiger partial charge in [-0.2, -0.15) is 0 Å². The summed E-state index contributed by atoms with van der Waals surface area (Å²) in [5.74, 6) is -1.22. The summed E-state index contributed by atoms with van der Waals surface area (Å²) in [5.41, 5.74) is 2.29. The lowest BCUT2D eigenvalue weighted by atomic mass is 10.0. The Morgan fingerprint density at radius 1 is 1.03 bits per heavy atom. The molecule has 2 aromatic carbocycles. The lowest BCUT2D eigenvalue weighted by Gasteiger charge is -2.37. The normalized spacial score (nSPS) is 13.5. The van der Waals surface area contributed by atoms with Crippen molar-refractivity contribution < 1.29 is 18.7 Å². The maximum absolute atomic E-state index is 13.2. The maximum atomic E-state index is 13.2. The average molecular weight is 468 g/mol. The number of amides is 1. The van der Waals surface area contributed by atoms with E-state index in [0.717, 1.165) is 16.5 Å². The van der Waals surface area contributed by atoms with Gasteiger partial charge in [-0.3, -0.25) is 9.59 Å². The molecule has 0 bridgehead atoms. The number of ether oxygens (including phenoxy) is 1. The zero-order chi connectivity index (χ0) is 23.7. The summed E-state index contributed by atoms with van der Waals surface area (Å²) >= 11 is 0. The van der Waals surface area contributed by atoms with Crippen molar-refractivity contribution in [1.29, 1.82) is 0 Å². The van der Waals surface area contributed by atoms with Crippen LogP contribution in [0.1, 0.15) is 40.6 Å². The standard InChI is InChI=1S/C25H26FN3O4.CH4/c1-4-33-25(32)21-22(19-15-16(2)5-10-20(19)27(3)24(21)31)28-11-13-29(14-12-28)23(30)17-6-8-18(26)9-7-17;/h5-10,15H,4,11-14H2,1-3H3;1H4. The lowest BCUT2D eigenvalue weighted by molar-refractivity contribution is 0.0523. The van der Waals surface area contributed by atoms with Gasteiger partial charge in [0.05, 0.1) is 17.8 Å². The van der Waals surface area contributed by atoms with E-state index >= 15 is 0 Å². The zero-order valence-corrected chi connectivity index (χ0v) is 18.9. The smallest absolute Gasteiger partial charge is 0.345 e. The Labute approximate surface area is 198 Å². The number of carbonyl (C=O) groups is 2. The van der Waals surface area contributed by atoms with Gasteiger partial charge in [0.15, 0.2) is 0 Å². The van der Waals surface area contributed by atoms with Gasteiger partial charge in [0.1, 0.15) is 11.4 Å². The number of rotatable bonds is 4. The Kier molecular flexibility index (Phi) is 7.39. The first kappa shape index (κ1) is 25.0. The molecule has 1 aliphatic rings. The second kappa shape index (κ2) is 10.1. The minimum Gasteiger partial charge on any atom is -0.462 e. The molecule has 1 fully saturated rings. The van der Waals surface area contributed by atoms with Crippen molar-refractivity contribution in [2.24, 2.45) is 7.05 Å². The van der Waals surface area contributed by atoms with Crippen LogP contribution in [0.15, 0.2) is 47.3 Å². The number of pyridine rings is 1. The Morgan fingerprint density at radius 2 is 1.68 bits per heavy atom. The van der Waals surface area contributed by atoms with Gasteiger partial charge < -0.3 is 19.1 Å². The number of aryl methyl sites for hydroxylation is 2. The van der Waals surface area contributed by atoms with Crippen molar-refractivity contribution in [3.63, 3.8) is 0 Å². The fraction of sp³-hybridized carbons (Fsp3) is 0.346. The molecule has 0 spiro atoms. The van der Waals surface area contributed by atoms with E-state index in [1.807, 2.05) is 30.0 Å². The molecule has 0 unspecified atom stereocenters. The number of hydrogen-bond acceptors (Lipinski definition) is 5. The van der Waals surface area contributed by atoms with E-state index in [-0.39, 0.29) is 25.5 Å². The molecular weight excluding hydrogens is 437 g/mol. The van der Waals surface area contributed by atoms with Gasteiger partial charge in [-0.05, 0) is 50.2 Å². The van der Waals surface area contributed by atoms with Gasteiger partial charge in [0, 0.05) is 44.2 Å². The van der Waals surface area contributed by atoms with E-state index in [1.165, 1.54) is 28.8 Å². The Balaban J connectivity index is 0.00000324. The SMILES string of the molecule is C.CCOC(=O)c1c(N2CCN(C(=O)c3ccc(F)cc3)CC2)c2cc(C)ccc2n(C)c1=O. The molecule has 0 radical (unpaired) electrons. The number of halogens is 1. The number of esters is 1. The molecule has 0 saturated carbocycles. The Hall–Kier alpha value is -3.68. The largest absolute Gasteiger partial charge is 0.462 e. The van der Waals surface area contributed by atoms with Gasteiger partial charge >= 0.3 is 5.97 Å². The first-order chi connectivity index (χ1) is 15.8. The molecule has 3 aromatic rings. The van der Waals surface area contributed by atoms with Gasteiger partial charge in [-0.1, -0.05) is 19.1 Å². The van der Waals surface area contributed by atoms with Crippen LogP contribution in [0, 0.1) is 12.7 Å². The highest BCUT2D eigenvalue weighted by Crippen LogP contribution is 2.31. The van der Waals surface area contributed by atoms with E-state index in [0.29, 0.717) is 37.4 Å². The molecule has 2 heterocycles. The van der Waals surface area contributed by atoms with Crippen molar-refractivity contribution >= 4 is 28.5 Å². The molecule has 180 valence electrons. The molecule has 0 atom stereocenters. The van der Waals surface area contributed by atoms with Gasteiger partial charge in [0.25, 0.3) is 11.5 Å². The van der Waals surface area contributed by atoms with E-state index in [2.05, 4.69) is 0 Å². The van der Waals surface area contributed by atoms with Crippen molar-refractivity contribution in [2.75, 3.05) is 37.7 Å². The van der Waals surface area contributed by atoms with Crippen LogP contribution < -0.4 is 10.5 Å². The van der Waals surface area contributed by atoms with Crippen molar-refractivity contribution in [3.05, 3.63) is 75.3 Å². The number of carbonyl (C=O) groups excluding carboxylic acids is 2. The highest BCUT2D eigenvalue weighted by molar-refractivity contribution is 6.05. The third kappa shape index (κ3) is 4.53. The van der Waals surface area contributed by atoms with E-state index in [9.17, 15) is 18.8 Å². The van der Waals surface area contributed by atoms with Gasteiger partial charge in [-0.15, -0.1) is 0 Å². The number of anilines is 1. The number of benzene rings is 2. The van der Waals surface area contributed by atoms with Gasteiger partial charge in [-0.25, -0.2) is 9.18 Å². The van der Waals surface area contributed by atoms with Gasteiger partial charge in [0.2, 0.25) is 0 Å². The number of nitrogens with zero attached hydrogens (tertiary/aromatic N) is 3. The quantitative estimate of drug-likeness (QED) is 0.547. The van der Waals surface area contributed by atoms with E-state index in [4.69, 9.17) is 4.74 Å². The predicted octanol–water partition coefficient (Wildman–Crippen LogP) is 3.76. The minimum atomic E-state index is -0.652. The van der Waals surface area contributed by atoms with Crippen LogP contribution in [-0.2, 0) is 11.8 Å². The average Bonchev–Trinajstić information content (AvgIpc) is 2.81. The summed E-state index contributed by atoms with van der Waals surface area (Å²) in [6, 6.07) is 11.2. The molecule has 0 N–H and O–H groups in total. The number of hydrogen-bond donors (Lipinski definition) is 0. The molecule has 1 saturated heterocycles. The molecule has 8 heteroatoms.